The molecule has 4 rings (SSSR count). The molecule has 0 bridgehead atoms. The van der Waals surface area contributed by atoms with Crippen molar-refractivity contribution in [3.63, 3.8) is 0 Å². The van der Waals surface area contributed by atoms with Crippen LogP contribution in [0.2, 0.25) is 5.02 Å². The Hall–Kier alpha value is -1.56. The first-order valence-corrected chi connectivity index (χ1v) is 10.7. The lowest BCUT2D eigenvalue weighted by molar-refractivity contribution is -0.163. The number of anilines is 1. The van der Waals surface area contributed by atoms with Crippen LogP contribution in [-0.2, 0) is 16.1 Å². The van der Waals surface area contributed by atoms with Crippen LogP contribution in [0.1, 0.15) is 45.4 Å². The van der Waals surface area contributed by atoms with Crippen molar-refractivity contribution in [1.29, 1.82) is 0 Å². The van der Waals surface area contributed by atoms with Crippen LogP contribution in [0.15, 0.2) is 24.4 Å². The summed E-state index contributed by atoms with van der Waals surface area (Å²) >= 11 is 6.44. The minimum atomic E-state index is -0.486. The van der Waals surface area contributed by atoms with Crippen LogP contribution in [0.3, 0.4) is 0 Å². The van der Waals surface area contributed by atoms with Crippen LogP contribution < -0.4 is 5.32 Å². The van der Waals surface area contributed by atoms with Crippen LogP contribution >= 0.6 is 11.6 Å². The fourth-order valence-electron chi connectivity index (χ4n) is 4.91. The van der Waals surface area contributed by atoms with E-state index in [2.05, 4.69) is 5.32 Å². The summed E-state index contributed by atoms with van der Waals surface area (Å²) < 4.78 is 7.50. The van der Waals surface area contributed by atoms with E-state index in [9.17, 15) is 9.90 Å². The number of halogens is 1. The van der Waals surface area contributed by atoms with E-state index in [0.717, 1.165) is 10.9 Å². The van der Waals surface area contributed by atoms with Gasteiger partial charge in [0.05, 0.1) is 35.5 Å². The lowest BCUT2D eigenvalue weighted by Crippen LogP contribution is -2.51. The van der Waals surface area contributed by atoms with Crippen molar-refractivity contribution in [2.75, 3.05) is 18.5 Å². The Balaban J connectivity index is 1.55. The molecule has 1 aromatic heterocycles. The Kier molecular flexibility index (Phi) is 5.68. The van der Waals surface area contributed by atoms with Crippen molar-refractivity contribution in [2.45, 2.75) is 58.1 Å². The van der Waals surface area contributed by atoms with Gasteiger partial charge in [-0.3, -0.25) is 4.79 Å². The SMILES string of the molecule is CC(O)Cn1cc(NC(=O)CC2(C3CCCCC3)COC2)c2c(Cl)cccc21. The third kappa shape index (κ3) is 3.80. The number of aromatic nitrogens is 1. The highest BCUT2D eigenvalue weighted by molar-refractivity contribution is 6.36. The molecule has 6 heteroatoms. The van der Waals surface area contributed by atoms with Gasteiger partial charge in [0.15, 0.2) is 0 Å². The fraction of sp³-hybridized carbons (Fsp3) is 0.591. The Morgan fingerprint density at radius 2 is 2.11 bits per heavy atom. The Morgan fingerprint density at radius 1 is 1.36 bits per heavy atom. The molecule has 1 unspecified atom stereocenters. The summed E-state index contributed by atoms with van der Waals surface area (Å²) in [6.45, 7) is 3.58. The second-order valence-corrected chi connectivity index (χ2v) is 9.00. The largest absolute Gasteiger partial charge is 0.392 e. The van der Waals surface area contributed by atoms with Gasteiger partial charge in [0.25, 0.3) is 0 Å². The molecule has 5 nitrogen and oxygen atoms in total. The number of carbonyl (C=O) groups is 1. The smallest absolute Gasteiger partial charge is 0.225 e. The van der Waals surface area contributed by atoms with E-state index in [1.165, 1.54) is 32.1 Å². The topological polar surface area (TPSA) is 63.5 Å². The number of aliphatic hydroxyl groups is 1. The summed E-state index contributed by atoms with van der Waals surface area (Å²) in [5.41, 5.74) is 1.62. The standard InChI is InChI=1S/C22H29ClN2O3/c1-15(26)11-25-12-18(21-17(23)8-5-9-19(21)25)24-20(27)10-22(13-28-14-22)16-6-3-2-4-7-16/h5,8-9,12,15-16,26H,2-4,6-7,10-11,13-14H2,1H3,(H,24,27). The van der Waals surface area contributed by atoms with Gasteiger partial charge in [0.1, 0.15) is 0 Å². The maximum Gasteiger partial charge on any atom is 0.225 e. The first kappa shape index (κ1) is 19.7. The van der Waals surface area contributed by atoms with Gasteiger partial charge in [0.2, 0.25) is 5.91 Å². The fourth-order valence-corrected chi connectivity index (χ4v) is 5.19. The van der Waals surface area contributed by atoms with Gasteiger partial charge in [-0.2, -0.15) is 0 Å². The minimum absolute atomic E-state index is 0.00766. The molecule has 28 heavy (non-hydrogen) atoms. The molecule has 1 aliphatic carbocycles. The van der Waals surface area contributed by atoms with Crippen LogP contribution in [-0.4, -0.2) is 34.9 Å². The number of amides is 1. The zero-order chi connectivity index (χ0) is 19.7. The van der Waals surface area contributed by atoms with Gasteiger partial charge in [0, 0.05) is 30.0 Å². The molecular formula is C22H29ClN2O3. The monoisotopic (exact) mass is 404 g/mol. The van der Waals surface area contributed by atoms with Gasteiger partial charge < -0.3 is 19.7 Å². The molecule has 1 saturated heterocycles. The Labute approximate surface area is 171 Å². The second kappa shape index (κ2) is 8.05. The molecule has 2 aliphatic rings. The number of aliphatic hydroxyl groups excluding tert-OH is 1. The van der Waals surface area contributed by atoms with Crippen LogP contribution in [0.5, 0.6) is 0 Å². The molecule has 2 aromatic rings. The summed E-state index contributed by atoms with van der Waals surface area (Å²) in [4.78, 5) is 13.0. The first-order valence-electron chi connectivity index (χ1n) is 10.3. The Bertz CT molecular complexity index is 851. The van der Waals surface area contributed by atoms with Crippen molar-refractivity contribution in [3.05, 3.63) is 29.4 Å². The highest BCUT2D eigenvalue weighted by Crippen LogP contribution is 2.46. The number of fused-ring (bicyclic) bond motifs is 1. The molecule has 1 amide bonds. The van der Waals surface area contributed by atoms with Gasteiger partial charge >= 0.3 is 0 Å². The average molecular weight is 405 g/mol. The molecular weight excluding hydrogens is 376 g/mol. The highest BCUT2D eigenvalue weighted by Gasteiger charge is 2.47. The van der Waals surface area contributed by atoms with Crippen LogP contribution in [0.4, 0.5) is 5.69 Å². The summed E-state index contributed by atoms with van der Waals surface area (Å²) in [6, 6.07) is 5.68. The van der Waals surface area contributed by atoms with E-state index in [0.29, 0.717) is 42.8 Å². The highest BCUT2D eigenvalue weighted by atomic mass is 35.5. The Morgan fingerprint density at radius 3 is 2.75 bits per heavy atom. The van der Waals surface area contributed by atoms with E-state index < -0.39 is 6.10 Å². The second-order valence-electron chi connectivity index (χ2n) is 8.59. The number of hydrogen-bond acceptors (Lipinski definition) is 3. The van der Waals surface area contributed by atoms with Gasteiger partial charge in [-0.1, -0.05) is 36.9 Å². The molecule has 1 aliphatic heterocycles. The number of hydrogen-bond donors (Lipinski definition) is 2. The van der Waals surface area contributed by atoms with Crippen LogP contribution in [0, 0.1) is 11.3 Å². The van der Waals surface area contributed by atoms with Crippen LogP contribution in [0.25, 0.3) is 10.9 Å². The van der Waals surface area contributed by atoms with Gasteiger partial charge in [-0.05, 0) is 37.8 Å². The zero-order valence-corrected chi connectivity index (χ0v) is 17.2. The molecule has 1 saturated carbocycles. The van der Waals surface area contributed by atoms with Gasteiger partial charge in [-0.15, -0.1) is 0 Å². The van der Waals surface area contributed by atoms with Crippen molar-refractivity contribution >= 4 is 34.1 Å². The molecule has 2 N–H and O–H groups in total. The summed E-state index contributed by atoms with van der Waals surface area (Å²) in [6.07, 6.45) is 8.12. The summed E-state index contributed by atoms with van der Waals surface area (Å²) in [7, 11) is 0. The number of ether oxygens (including phenoxy) is 1. The van der Waals surface area contributed by atoms with Crippen molar-refractivity contribution < 1.29 is 14.6 Å². The number of rotatable bonds is 6. The lowest BCUT2D eigenvalue weighted by atomic mass is 9.65. The molecule has 0 radical (unpaired) electrons. The maximum absolute atomic E-state index is 13.0. The number of nitrogens with zero attached hydrogens (tertiary/aromatic N) is 1. The molecule has 2 fully saturated rings. The molecule has 2 heterocycles. The van der Waals surface area contributed by atoms with E-state index in [-0.39, 0.29) is 11.3 Å². The third-order valence-corrected chi connectivity index (χ3v) is 6.67. The summed E-state index contributed by atoms with van der Waals surface area (Å²) in [5.74, 6) is 0.603. The number of nitrogens with one attached hydrogen (secondary N) is 1. The summed E-state index contributed by atoms with van der Waals surface area (Å²) in [5, 5.41) is 14.3. The van der Waals surface area contributed by atoms with Crippen molar-refractivity contribution in [3.8, 4) is 0 Å². The number of benzene rings is 1. The number of carbonyl (C=O) groups excluding carboxylic acids is 1. The molecule has 0 spiro atoms. The average Bonchev–Trinajstić information content (AvgIpc) is 2.97. The minimum Gasteiger partial charge on any atom is -0.392 e. The molecule has 1 atom stereocenters. The quantitative estimate of drug-likeness (QED) is 0.739. The van der Waals surface area contributed by atoms with Gasteiger partial charge in [-0.25, -0.2) is 0 Å². The normalized spacial score (nSPS) is 20.7. The van der Waals surface area contributed by atoms with E-state index in [1.807, 2.05) is 29.0 Å². The molecule has 152 valence electrons. The molecule has 1 aromatic carbocycles. The predicted octanol–water partition coefficient (Wildman–Crippen LogP) is 4.60. The third-order valence-electron chi connectivity index (χ3n) is 6.35. The lowest BCUT2D eigenvalue weighted by Gasteiger charge is -2.48. The van der Waals surface area contributed by atoms with E-state index in [4.69, 9.17) is 16.3 Å². The van der Waals surface area contributed by atoms with Crippen molar-refractivity contribution in [1.82, 2.24) is 4.57 Å². The van der Waals surface area contributed by atoms with E-state index >= 15 is 0 Å². The van der Waals surface area contributed by atoms with E-state index in [1.54, 1.807) is 6.92 Å². The van der Waals surface area contributed by atoms with Crippen molar-refractivity contribution in [2.24, 2.45) is 11.3 Å². The predicted molar refractivity (Wildman–Crippen MR) is 112 cm³/mol. The first-order chi connectivity index (χ1) is 13.5. The zero-order valence-electron chi connectivity index (χ0n) is 16.4. The maximum atomic E-state index is 13.0.